The van der Waals surface area contributed by atoms with E-state index in [9.17, 15) is 8.42 Å². The van der Waals surface area contributed by atoms with Crippen LogP contribution in [0.1, 0.15) is 44.2 Å². The third-order valence-electron chi connectivity index (χ3n) is 4.92. The number of hydrogen-bond donors (Lipinski definition) is 0. The summed E-state index contributed by atoms with van der Waals surface area (Å²) in [6, 6.07) is 21.3. The molecule has 4 nitrogen and oxygen atoms in total. The van der Waals surface area contributed by atoms with Crippen molar-refractivity contribution >= 4 is 20.8 Å². The predicted octanol–water partition coefficient (Wildman–Crippen LogP) is 6.90. The van der Waals surface area contributed by atoms with E-state index in [1.54, 1.807) is 24.3 Å². The van der Waals surface area contributed by atoms with Gasteiger partial charge in [0.2, 0.25) is 0 Å². The molecule has 2 heterocycles. The second-order valence-corrected chi connectivity index (χ2v) is 9.56. The van der Waals surface area contributed by atoms with Crippen LogP contribution in [0.3, 0.4) is 0 Å². The quantitative estimate of drug-likeness (QED) is 0.299. The van der Waals surface area contributed by atoms with E-state index in [1.807, 2.05) is 24.5 Å². The van der Waals surface area contributed by atoms with Crippen molar-refractivity contribution in [1.29, 1.82) is 0 Å². The number of aromatic nitrogens is 1. The predicted molar refractivity (Wildman–Crippen MR) is 133 cm³/mol. The van der Waals surface area contributed by atoms with E-state index in [0.717, 1.165) is 11.8 Å². The number of aryl methyl sites for hydroxylation is 2. The molecule has 0 N–H and O–H groups in total. The molecule has 2 aromatic carbocycles. The molecule has 0 unspecified atom stereocenters. The molecular weight excluding hydrogens is 418 g/mol. The van der Waals surface area contributed by atoms with Crippen LogP contribution in [-0.4, -0.2) is 19.7 Å². The zero-order valence-electron chi connectivity index (χ0n) is 19.2. The van der Waals surface area contributed by atoms with Crippen molar-refractivity contribution in [1.82, 2.24) is 4.98 Å². The van der Waals surface area contributed by atoms with Crippen LogP contribution in [0.15, 0.2) is 94.7 Å². The number of unbranched alkanes of at least 4 members (excludes halogenated alkanes) is 2. The smallest absolute Gasteiger partial charge is 0.175 e. The van der Waals surface area contributed by atoms with Crippen LogP contribution in [0.25, 0.3) is 11.0 Å². The summed E-state index contributed by atoms with van der Waals surface area (Å²) in [5, 5.41) is 0.808. The highest BCUT2D eigenvalue weighted by Gasteiger charge is 2.07. The molecule has 0 radical (unpaired) electrons. The summed E-state index contributed by atoms with van der Waals surface area (Å²) < 4.78 is 27.4. The van der Waals surface area contributed by atoms with Crippen molar-refractivity contribution in [3.63, 3.8) is 0 Å². The van der Waals surface area contributed by atoms with Crippen molar-refractivity contribution in [2.75, 3.05) is 6.26 Å². The molecule has 0 saturated carbocycles. The number of benzene rings is 2. The third-order valence-corrected chi connectivity index (χ3v) is 6.03. The number of pyridine rings is 1. The molecule has 0 amide bonds. The first-order valence-corrected chi connectivity index (χ1v) is 12.9. The normalized spacial score (nSPS) is 10.6. The first-order valence-electron chi connectivity index (χ1n) is 11.0. The lowest BCUT2D eigenvalue weighted by Crippen LogP contribution is -1.95. The number of fused-ring (bicyclic) bond motifs is 1. The Bertz CT molecular complexity index is 1140. The van der Waals surface area contributed by atoms with Gasteiger partial charge in [-0.2, -0.15) is 0 Å². The fourth-order valence-electron chi connectivity index (χ4n) is 3.02. The topological polar surface area (TPSA) is 60.2 Å². The molecule has 32 heavy (non-hydrogen) atoms. The molecule has 5 heteroatoms. The van der Waals surface area contributed by atoms with Gasteiger partial charge in [-0.15, -0.1) is 0 Å². The zero-order chi connectivity index (χ0) is 23.2. The molecule has 0 aliphatic rings. The van der Waals surface area contributed by atoms with Gasteiger partial charge in [0.15, 0.2) is 9.84 Å². The SMILES string of the molecule is CCCCCc1ccccc1.CCc1ccncc1.CS(=O)(=O)c1ccc2occc2c1. The standard InChI is InChI=1S/C11H16.C9H8O3S.C7H9N/c1-2-3-5-8-11-9-6-4-7-10-11;1-13(10,11)8-2-3-9-7(6-8)4-5-12-9;1-2-7-3-5-8-6-4-7/h4,6-7,9-10H,2-3,5,8H2,1H3;2-6H,1H3;3-6H,2H2,1H3. The molecule has 0 fully saturated rings. The van der Waals surface area contributed by atoms with E-state index in [-0.39, 0.29) is 0 Å². The summed E-state index contributed by atoms with van der Waals surface area (Å²) in [6.45, 7) is 4.38. The van der Waals surface area contributed by atoms with Crippen LogP contribution >= 0.6 is 0 Å². The molecule has 0 bridgehead atoms. The van der Waals surface area contributed by atoms with E-state index in [2.05, 4.69) is 49.2 Å². The molecule has 0 aliphatic carbocycles. The maximum atomic E-state index is 11.2. The largest absolute Gasteiger partial charge is 0.464 e. The number of nitrogens with zero attached hydrogens (tertiary/aromatic N) is 1. The van der Waals surface area contributed by atoms with Crippen LogP contribution in [0.5, 0.6) is 0 Å². The molecule has 2 aromatic heterocycles. The highest BCUT2D eigenvalue weighted by molar-refractivity contribution is 7.90. The summed E-state index contributed by atoms with van der Waals surface area (Å²) in [7, 11) is -3.11. The minimum Gasteiger partial charge on any atom is -0.464 e. The number of hydrogen-bond acceptors (Lipinski definition) is 4. The summed E-state index contributed by atoms with van der Waals surface area (Å²) in [5.74, 6) is 0. The Morgan fingerprint density at radius 3 is 2.16 bits per heavy atom. The molecule has 0 aliphatic heterocycles. The lowest BCUT2D eigenvalue weighted by Gasteiger charge is -1.98. The average molecular weight is 452 g/mol. The van der Waals surface area contributed by atoms with Crippen molar-refractivity contribution in [2.45, 2.75) is 50.8 Å². The van der Waals surface area contributed by atoms with Crippen LogP contribution in [0, 0.1) is 0 Å². The van der Waals surface area contributed by atoms with Gasteiger partial charge in [0.05, 0.1) is 11.2 Å². The highest BCUT2D eigenvalue weighted by Crippen LogP contribution is 2.19. The minimum absolute atomic E-state index is 0.321. The first kappa shape index (κ1) is 25.3. The Balaban J connectivity index is 0.000000175. The molecule has 0 atom stereocenters. The lowest BCUT2D eigenvalue weighted by atomic mass is 10.1. The maximum Gasteiger partial charge on any atom is 0.175 e. The van der Waals surface area contributed by atoms with Gasteiger partial charge in [-0.05, 0) is 66.8 Å². The highest BCUT2D eigenvalue weighted by atomic mass is 32.2. The van der Waals surface area contributed by atoms with Gasteiger partial charge in [0.25, 0.3) is 0 Å². The Morgan fingerprint density at radius 2 is 1.56 bits per heavy atom. The van der Waals surface area contributed by atoms with Crippen LogP contribution in [0.4, 0.5) is 0 Å². The fourth-order valence-corrected chi connectivity index (χ4v) is 3.67. The zero-order valence-corrected chi connectivity index (χ0v) is 20.0. The third kappa shape index (κ3) is 9.06. The second kappa shape index (κ2) is 13.5. The van der Waals surface area contributed by atoms with Gasteiger partial charge in [-0.1, -0.05) is 57.0 Å². The van der Waals surface area contributed by atoms with E-state index in [1.165, 1.54) is 49.3 Å². The van der Waals surface area contributed by atoms with Gasteiger partial charge in [-0.3, -0.25) is 4.98 Å². The summed E-state index contributed by atoms with van der Waals surface area (Å²) in [6.07, 6.45) is 12.7. The van der Waals surface area contributed by atoms with E-state index < -0.39 is 9.84 Å². The van der Waals surface area contributed by atoms with Gasteiger partial charge >= 0.3 is 0 Å². The molecule has 0 saturated heterocycles. The average Bonchev–Trinajstić information content (AvgIpc) is 3.29. The summed E-state index contributed by atoms with van der Waals surface area (Å²) in [5.41, 5.74) is 3.52. The molecule has 4 rings (SSSR count). The number of sulfone groups is 1. The van der Waals surface area contributed by atoms with Crippen LogP contribution in [-0.2, 0) is 22.7 Å². The van der Waals surface area contributed by atoms with Crippen molar-refractivity contribution < 1.29 is 12.8 Å². The van der Waals surface area contributed by atoms with Crippen LogP contribution in [0.2, 0.25) is 0 Å². The van der Waals surface area contributed by atoms with Gasteiger partial charge in [-0.25, -0.2) is 8.42 Å². The summed E-state index contributed by atoms with van der Waals surface area (Å²) >= 11 is 0. The molecule has 170 valence electrons. The fraction of sp³-hybridized carbons (Fsp3) is 0.296. The van der Waals surface area contributed by atoms with Crippen LogP contribution < -0.4 is 0 Å². The molecule has 0 spiro atoms. The lowest BCUT2D eigenvalue weighted by molar-refractivity contribution is 0.601. The van der Waals surface area contributed by atoms with Gasteiger partial charge in [0, 0.05) is 24.0 Å². The van der Waals surface area contributed by atoms with E-state index >= 15 is 0 Å². The Labute approximate surface area is 192 Å². The van der Waals surface area contributed by atoms with Gasteiger partial charge < -0.3 is 4.42 Å². The monoisotopic (exact) mass is 451 g/mol. The van der Waals surface area contributed by atoms with Crippen molar-refractivity contribution in [3.05, 3.63) is 96.5 Å². The Kier molecular flexibility index (Phi) is 10.7. The van der Waals surface area contributed by atoms with E-state index in [0.29, 0.717) is 10.5 Å². The maximum absolute atomic E-state index is 11.2. The van der Waals surface area contributed by atoms with Crippen molar-refractivity contribution in [2.24, 2.45) is 0 Å². The van der Waals surface area contributed by atoms with E-state index in [4.69, 9.17) is 4.42 Å². The molecule has 4 aromatic rings. The minimum atomic E-state index is -3.11. The first-order chi connectivity index (χ1) is 15.4. The number of rotatable bonds is 6. The summed E-state index contributed by atoms with van der Waals surface area (Å²) in [4.78, 5) is 4.21. The Hall–Kier alpha value is -2.92. The van der Waals surface area contributed by atoms with Crippen molar-refractivity contribution in [3.8, 4) is 0 Å². The number of furan rings is 1. The second-order valence-electron chi connectivity index (χ2n) is 7.54. The molecular formula is C27H33NO3S. The van der Waals surface area contributed by atoms with Gasteiger partial charge in [0.1, 0.15) is 5.58 Å². The Morgan fingerprint density at radius 1 is 0.844 bits per heavy atom.